The number of methoxy groups -OCH3 is 1. The first kappa shape index (κ1) is 21.1. The molecule has 2 aromatic carbocycles. The lowest BCUT2D eigenvalue weighted by molar-refractivity contribution is -0.115. The van der Waals surface area contributed by atoms with Crippen LogP contribution in [0, 0.1) is 0 Å². The Morgan fingerprint density at radius 3 is 2.62 bits per heavy atom. The van der Waals surface area contributed by atoms with E-state index in [0.29, 0.717) is 21.4 Å². The van der Waals surface area contributed by atoms with Crippen molar-refractivity contribution in [2.45, 2.75) is 11.3 Å². The number of rotatable bonds is 6. The zero-order valence-electron chi connectivity index (χ0n) is 15.1. The standard InChI is InChI=1S/C18H16Cl2N4O4S/c1-28-14-3-4-15(20)11(6-14)7-18(25)23-13-2-5-16(17(8-13)29(21,26)27)24-10-12(19)9-22-24/h2-6,8-10H,7H2,1H3,(H,23,25)(H2,21,26,27). The van der Waals surface area contributed by atoms with Crippen LogP contribution in [0.2, 0.25) is 10.0 Å². The summed E-state index contributed by atoms with van der Waals surface area (Å²) in [5, 5.41) is 12.7. The number of carbonyl (C=O) groups is 1. The lowest BCUT2D eigenvalue weighted by Gasteiger charge is -2.12. The van der Waals surface area contributed by atoms with Gasteiger partial charge in [-0.1, -0.05) is 23.2 Å². The van der Waals surface area contributed by atoms with Gasteiger partial charge in [0.25, 0.3) is 0 Å². The summed E-state index contributed by atoms with van der Waals surface area (Å²) >= 11 is 12.0. The minimum Gasteiger partial charge on any atom is -0.497 e. The van der Waals surface area contributed by atoms with Crippen molar-refractivity contribution in [1.29, 1.82) is 0 Å². The minimum atomic E-state index is -4.10. The number of nitrogens with one attached hydrogen (secondary N) is 1. The molecule has 1 heterocycles. The third-order valence-corrected chi connectivity index (χ3v) is 5.46. The zero-order valence-corrected chi connectivity index (χ0v) is 17.4. The molecule has 0 atom stereocenters. The number of halogens is 2. The first-order valence-electron chi connectivity index (χ1n) is 8.17. The average Bonchev–Trinajstić information content (AvgIpc) is 3.09. The smallest absolute Gasteiger partial charge is 0.240 e. The van der Waals surface area contributed by atoms with Crippen LogP contribution in [0.3, 0.4) is 0 Å². The fourth-order valence-corrected chi connectivity index (χ4v) is 3.70. The monoisotopic (exact) mass is 454 g/mol. The molecule has 0 saturated heterocycles. The Morgan fingerprint density at radius 2 is 2.00 bits per heavy atom. The molecule has 3 N–H and O–H groups in total. The summed E-state index contributed by atoms with van der Waals surface area (Å²) in [5.74, 6) is 0.173. The van der Waals surface area contributed by atoms with E-state index in [4.69, 9.17) is 33.1 Å². The van der Waals surface area contributed by atoms with Gasteiger partial charge >= 0.3 is 0 Å². The fraction of sp³-hybridized carbons (Fsp3) is 0.111. The number of aromatic nitrogens is 2. The Hall–Kier alpha value is -2.59. The Morgan fingerprint density at radius 1 is 1.24 bits per heavy atom. The lowest BCUT2D eigenvalue weighted by Crippen LogP contribution is -2.18. The van der Waals surface area contributed by atoms with Crippen molar-refractivity contribution in [2.75, 3.05) is 12.4 Å². The lowest BCUT2D eigenvalue weighted by atomic mass is 10.1. The fourth-order valence-electron chi connectivity index (χ4n) is 2.63. The predicted octanol–water partition coefficient (Wildman–Crippen LogP) is 3.02. The second-order valence-corrected chi connectivity index (χ2v) is 8.39. The van der Waals surface area contributed by atoms with Crippen molar-refractivity contribution >= 4 is 44.8 Å². The van der Waals surface area contributed by atoms with E-state index < -0.39 is 15.9 Å². The predicted molar refractivity (Wildman–Crippen MR) is 110 cm³/mol. The molecule has 0 unspecified atom stereocenters. The molecular weight excluding hydrogens is 439 g/mol. The highest BCUT2D eigenvalue weighted by Crippen LogP contribution is 2.25. The highest BCUT2D eigenvalue weighted by atomic mass is 35.5. The Labute approximate surface area is 177 Å². The summed E-state index contributed by atoms with van der Waals surface area (Å²) in [6.45, 7) is 0. The molecule has 8 nitrogen and oxygen atoms in total. The van der Waals surface area contributed by atoms with Crippen LogP contribution in [0.15, 0.2) is 53.7 Å². The van der Waals surface area contributed by atoms with Gasteiger partial charge in [0, 0.05) is 16.9 Å². The minimum absolute atomic E-state index is 0.0305. The maximum Gasteiger partial charge on any atom is 0.240 e. The van der Waals surface area contributed by atoms with Crippen LogP contribution in [-0.2, 0) is 21.2 Å². The molecule has 11 heteroatoms. The van der Waals surface area contributed by atoms with Crippen molar-refractivity contribution < 1.29 is 17.9 Å². The number of ether oxygens (including phenoxy) is 1. The molecule has 0 saturated carbocycles. The topological polar surface area (TPSA) is 116 Å². The van der Waals surface area contributed by atoms with Crippen molar-refractivity contribution in [3.63, 3.8) is 0 Å². The van der Waals surface area contributed by atoms with Gasteiger partial charge in [0.15, 0.2) is 0 Å². The first-order chi connectivity index (χ1) is 13.7. The van der Waals surface area contributed by atoms with Crippen LogP contribution in [0.1, 0.15) is 5.56 Å². The van der Waals surface area contributed by atoms with E-state index in [2.05, 4.69) is 10.4 Å². The van der Waals surface area contributed by atoms with E-state index in [-0.39, 0.29) is 22.7 Å². The second kappa shape index (κ2) is 8.42. The molecule has 1 aromatic heterocycles. The Kier molecular flexibility index (Phi) is 6.13. The van der Waals surface area contributed by atoms with Crippen molar-refractivity contribution in [3.8, 4) is 11.4 Å². The van der Waals surface area contributed by atoms with Crippen molar-refractivity contribution in [2.24, 2.45) is 5.14 Å². The van der Waals surface area contributed by atoms with Crippen LogP contribution in [0.25, 0.3) is 5.69 Å². The molecule has 0 spiro atoms. The Balaban J connectivity index is 1.87. The van der Waals surface area contributed by atoms with Crippen LogP contribution in [0.5, 0.6) is 5.75 Å². The van der Waals surface area contributed by atoms with E-state index in [1.165, 1.54) is 42.4 Å². The molecule has 3 rings (SSSR count). The largest absolute Gasteiger partial charge is 0.497 e. The summed E-state index contributed by atoms with van der Waals surface area (Å²) in [6, 6.07) is 9.23. The summed E-state index contributed by atoms with van der Waals surface area (Å²) in [7, 11) is -2.59. The maximum atomic E-state index is 12.4. The van der Waals surface area contributed by atoms with E-state index in [1.807, 2.05) is 0 Å². The molecule has 0 fully saturated rings. The van der Waals surface area contributed by atoms with Gasteiger partial charge in [-0.3, -0.25) is 4.79 Å². The molecule has 0 aliphatic rings. The van der Waals surface area contributed by atoms with E-state index in [1.54, 1.807) is 18.2 Å². The maximum absolute atomic E-state index is 12.4. The summed E-state index contributed by atoms with van der Waals surface area (Å²) in [6.07, 6.45) is 2.77. The van der Waals surface area contributed by atoms with Gasteiger partial charge in [0.2, 0.25) is 15.9 Å². The van der Waals surface area contributed by atoms with Gasteiger partial charge in [0.05, 0.1) is 30.4 Å². The van der Waals surface area contributed by atoms with E-state index in [9.17, 15) is 13.2 Å². The average molecular weight is 455 g/mol. The van der Waals surface area contributed by atoms with Crippen LogP contribution in [-0.4, -0.2) is 31.2 Å². The van der Waals surface area contributed by atoms with Gasteiger partial charge in [-0.05, 0) is 42.0 Å². The highest BCUT2D eigenvalue weighted by Gasteiger charge is 2.18. The second-order valence-electron chi connectivity index (χ2n) is 6.01. The number of benzene rings is 2. The number of nitrogens with zero attached hydrogens (tertiary/aromatic N) is 2. The summed E-state index contributed by atoms with van der Waals surface area (Å²) in [5.41, 5.74) is 1.02. The van der Waals surface area contributed by atoms with Crippen LogP contribution in [0.4, 0.5) is 5.69 Å². The van der Waals surface area contributed by atoms with Gasteiger partial charge in [-0.25, -0.2) is 18.2 Å². The number of hydrogen-bond acceptors (Lipinski definition) is 5. The van der Waals surface area contributed by atoms with Gasteiger partial charge in [-0.2, -0.15) is 5.10 Å². The zero-order chi connectivity index (χ0) is 21.2. The third kappa shape index (κ3) is 5.07. The molecule has 0 bridgehead atoms. The number of primary sulfonamides is 1. The number of nitrogens with two attached hydrogens (primary N) is 1. The van der Waals surface area contributed by atoms with E-state index >= 15 is 0 Å². The molecular formula is C18H16Cl2N4O4S. The summed E-state index contributed by atoms with van der Waals surface area (Å²) in [4.78, 5) is 12.2. The summed E-state index contributed by atoms with van der Waals surface area (Å²) < 4.78 is 30.5. The number of hydrogen-bond donors (Lipinski definition) is 2. The van der Waals surface area contributed by atoms with Gasteiger partial charge in [0.1, 0.15) is 10.6 Å². The normalized spacial score (nSPS) is 11.3. The number of sulfonamides is 1. The Bertz CT molecular complexity index is 1180. The highest BCUT2D eigenvalue weighted by molar-refractivity contribution is 7.89. The van der Waals surface area contributed by atoms with Crippen LogP contribution < -0.4 is 15.2 Å². The van der Waals surface area contributed by atoms with Gasteiger partial charge < -0.3 is 10.1 Å². The first-order valence-corrected chi connectivity index (χ1v) is 10.5. The number of carbonyl (C=O) groups excluding carboxylic acids is 1. The SMILES string of the molecule is COc1ccc(Cl)c(CC(=O)Nc2ccc(-n3cc(Cl)cn3)c(S(N)(=O)=O)c2)c1. The molecule has 0 aliphatic carbocycles. The quantitative estimate of drug-likeness (QED) is 0.593. The molecule has 152 valence electrons. The molecule has 29 heavy (non-hydrogen) atoms. The van der Waals surface area contributed by atoms with Crippen molar-refractivity contribution in [3.05, 3.63) is 64.4 Å². The number of amides is 1. The third-order valence-electron chi connectivity index (χ3n) is 3.95. The van der Waals surface area contributed by atoms with E-state index in [0.717, 1.165) is 0 Å². The van der Waals surface area contributed by atoms with Gasteiger partial charge in [-0.15, -0.1) is 0 Å². The van der Waals surface area contributed by atoms with Crippen molar-refractivity contribution in [1.82, 2.24) is 9.78 Å². The molecule has 0 aliphatic heterocycles. The molecule has 1 amide bonds. The molecule has 0 radical (unpaired) electrons. The molecule has 3 aromatic rings. The number of anilines is 1. The van der Waals surface area contributed by atoms with Crippen LogP contribution >= 0.6 is 23.2 Å².